The zero-order chi connectivity index (χ0) is 11.8. The Balaban J connectivity index is 3.16. The van der Waals surface area contributed by atoms with Gasteiger partial charge in [-0.25, -0.2) is 0 Å². The fourth-order valence-electron chi connectivity index (χ4n) is 1.22. The fraction of sp³-hybridized carbons (Fsp3) is 0.800. The summed E-state index contributed by atoms with van der Waals surface area (Å²) in [6, 6.07) is 0.246. The Bertz CT molecular complexity index is 383. The van der Waals surface area contributed by atoms with Crippen molar-refractivity contribution in [2.45, 2.75) is 46.1 Å². The first-order valence-electron chi connectivity index (χ1n) is 5.16. The van der Waals surface area contributed by atoms with Crippen molar-refractivity contribution < 1.29 is 0 Å². The molecule has 0 aliphatic carbocycles. The van der Waals surface area contributed by atoms with E-state index in [2.05, 4.69) is 10.3 Å². The smallest absolute Gasteiger partial charge is 0.294 e. The van der Waals surface area contributed by atoms with Gasteiger partial charge in [0.1, 0.15) is 5.69 Å². The molecule has 15 heavy (non-hydrogen) atoms. The molecule has 0 atom stereocenters. The van der Waals surface area contributed by atoms with Gasteiger partial charge in [0.25, 0.3) is 0 Å². The maximum absolute atomic E-state index is 12.0. The average molecular weight is 212 g/mol. The van der Waals surface area contributed by atoms with Crippen LogP contribution in [0, 0.1) is 0 Å². The molecular weight excluding hydrogens is 192 g/mol. The summed E-state index contributed by atoms with van der Waals surface area (Å²) in [7, 11) is 1.86. The van der Waals surface area contributed by atoms with E-state index in [9.17, 15) is 4.79 Å². The zero-order valence-electron chi connectivity index (χ0n) is 10.3. The summed E-state index contributed by atoms with van der Waals surface area (Å²) in [6.07, 6.45) is 0. The minimum absolute atomic E-state index is 0.0706. The number of aromatic amines is 1. The van der Waals surface area contributed by atoms with Crippen LogP contribution in [0.2, 0.25) is 0 Å². The average Bonchev–Trinajstić information content (AvgIpc) is 2.44. The minimum Gasteiger partial charge on any atom is -0.294 e. The van der Waals surface area contributed by atoms with E-state index in [-0.39, 0.29) is 17.0 Å². The number of H-pyrrole nitrogens is 1. The highest BCUT2D eigenvalue weighted by atomic mass is 16.2. The molecule has 0 aromatic carbocycles. The predicted molar refractivity (Wildman–Crippen MR) is 60.8 cm³/mol. The normalized spacial score (nSPS) is 12.2. The number of hydrogen-bond acceptors (Lipinski definition) is 3. The molecule has 0 amide bonds. The van der Waals surface area contributed by atoms with Crippen molar-refractivity contribution in [1.29, 1.82) is 0 Å². The van der Waals surface area contributed by atoms with Crippen LogP contribution >= 0.6 is 0 Å². The van der Waals surface area contributed by atoms with Gasteiger partial charge in [0, 0.05) is 18.5 Å². The van der Waals surface area contributed by atoms with Gasteiger partial charge in [0.15, 0.2) is 0 Å². The first-order valence-corrected chi connectivity index (χ1v) is 5.16. The summed E-state index contributed by atoms with van der Waals surface area (Å²) < 4.78 is 0. The molecule has 1 aromatic heterocycles. The van der Waals surface area contributed by atoms with Crippen LogP contribution in [0.4, 0.5) is 0 Å². The fourth-order valence-corrected chi connectivity index (χ4v) is 1.22. The number of nitrogens with zero attached hydrogens (tertiary/aromatic N) is 3. The van der Waals surface area contributed by atoms with Gasteiger partial charge in [0.05, 0.1) is 0 Å². The van der Waals surface area contributed by atoms with E-state index in [4.69, 9.17) is 0 Å². The maximum Gasteiger partial charge on any atom is 0.309 e. The zero-order valence-corrected chi connectivity index (χ0v) is 10.3. The van der Waals surface area contributed by atoms with Gasteiger partial charge in [0.2, 0.25) is 0 Å². The number of nitrogens with one attached hydrogen (secondary N) is 1. The summed E-state index contributed by atoms with van der Waals surface area (Å²) in [5.74, 6) is 0. The second-order valence-electron chi connectivity index (χ2n) is 5.09. The lowest BCUT2D eigenvalue weighted by Crippen LogP contribution is -2.44. The molecule has 5 nitrogen and oxygen atoms in total. The summed E-state index contributed by atoms with van der Waals surface area (Å²) >= 11 is 0. The van der Waals surface area contributed by atoms with Crippen molar-refractivity contribution in [1.82, 2.24) is 15.1 Å². The van der Waals surface area contributed by atoms with Crippen molar-refractivity contribution >= 4 is 0 Å². The molecule has 1 N–H and O–H groups in total. The van der Waals surface area contributed by atoms with Gasteiger partial charge in [-0.3, -0.25) is 9.80 Å². The molecule has 0 saturated carbocycles. The molecule has 0 aliphatic rings. The van der Waals surface area contributed by atoms with Crippen LogP contribution in [-0.2, 0) is 5.41 Å². The van der Waals surface area contributed by atoms with Gasteiger partial charge in [-0.15, -0.1) is 4.79 Å². The molecule has 1 aromatic rings. The number of hydrogen-bond donors (Lipinski definition) is 1. The lowest BCUT2D eigenvalue weighted by Gasteiger charge is -2.22. The van der Waals surface area contributed by atoms with Crippen molar-refractivity contribution in [3.05, 3.63) is 16.0 Å². The number of rotatable bonds is 2. The Hall–Kier alpha value is -1.26. The molecule has 0 spiro atoms. The van der Waals surface area contributed by atoms with E-state index < -0.39 is 0 Å². The second-order valence-corrected chi connectivity index (χ2v) is 5.09. The maximum atomic E-state index is 12.0. The van der Waals surface area contributed by atoms with Gasteiger partial charge in [-0.05, 0) is 13.8 Å². The van der Waals surface area contributed by atoms with E-state index in [1.165, 1.54) is 4.79 Å². The molecule has 0 bridgehead atoms. The van der Waals surface area contributed by atoms with E-state index in [1.807, 2.05) is 46.7 Å². The SMILES string of the molecule is CC(C)N(C)n1[nH]nc(C(C)(C)C)c1=O. The lowest BCUT2D eigenvalue weighted by molar-refractivity contribution is 0.495. The second kappa shape index (κ2) is 3.72. The molecular formula is C10H20N4O. The largest absolute Gasteiger partial charge is 0.309 e. The Labute approximate surface area is 90.0 Å². The van der Waals surface area contributed by atoms with E-state index in [1.54, 1.807) is 0 Å². The Morgan fingerprint density at radius 3 is 2.27 bits per heavy atom. The van der Waals surface area contributed by atoms with Crippen molar-refractivity contribution in [2.75, 3.05) is 12.1 Å². The highest BCUT2D eigenvalue weighted by molar-refractivity contribution is 5.08. The molecule has 1 rings (SSSR count). The van der Waals surface area contributed by atoms with E-state index in [0.29, 0.717) is 5.69 Å². The Morgan fingerprint density at radius 1 is 1.40 bits per heavy atom. The van der Waals surface area contributed by atoms with Crippen LogP contribution in [0.1, 0.15) is 40.3 Å². The van der Waals surface area contributed by atoms with E-state index in [0.717, 1.165) is 0 Å². The highest BCUT2D eigenvalue weighted by Gasteiger charge is 2.23. The third-order valence-corrected chi connectivity index (χ3v) is 2.42. The molecule has 0 fully saturated rings. The van der Waals surface area contributed by atoms with Crippen molar-refractivity contribution in [3.8, 4) is 0 Å². The summed E-state index contributed by atoms with van der Waals surface area (Å²) in [6.45, 7) is 9.97. The molecule has 86 valence electrons. The minimum atomic E-state index is -0.226. The van der Waals surface area contributed by atoms with Gasteiger partial charge in [-0.1, -0.05) is 20.8 Å². The van der Waals surface area contributed by atoms with Crippen LogP contribution in [-0.4, -0.2) is 28.2 Å². The third kappa shape index (κ3) is 2.22. The molecule has 5 heteroatoms. The predicted octanol–water partition coefficient (Wildman–Crippen LogP) is 0.845. The van der Waals surface area contributed by atoms with Crippen LogP contribution in [0.5, 0.6) is 0 Å². The first-order chi connectivity index (χ1) is 6.75. The first kappa shape index (κ1) is 11.8. The molecule has 1 heterocycles. The van der Waals surface area contributed by atoms with Crippen molar-refractivity contribution in [2.24, 2.45) is 0 Å². The van der Waals surface area contributed by atoms with Crippen LogP contribution in [0.25, 0.3) is 0 Å². The summed E-state index contributed by atoms with van der Waals surface area (Å²) in [5.41, 5.74) is 0.269. The molecule has 0 radical (unpaired) electrons. The van der Waals surface area contributed by atoms with Gasteiger partial charge in [-0.2, -0.15) is 10.3 Å². The van der Waals surface area contributed by atoms with E-state index >= 15 is 0 Å². The summed E-state index contributed by atoms with van der Waals surface area (Å²) in [4.78, 5) is 13.4. The topological polar surface area (TPSA) is 53.9 Å². The number of aromatic nitrogens is 3. The molecule has 0 unspecified atom stereocenters. The standard InChI is InChI=1S/C10H20N4O/c1-7(2)13(6)14-9(15)8(11-12-14)10(3,4)5/h7,12H,1-6H3. The van der Waals surface area contributed by atoms with Gasteiger partial charge >= 0.3 is 5.56 Å². The van der Waals surface area contributed by atoms with Crippen LogP contribution in [0.15, 0.2) is 4.79 Å². The van der Waals surface area contributed by atoms with Gasteiger partial charge < -0.3 is 0 Å². The monoisotopic (exact) mass is 212 g/mol. The Morgan fingerprint density at radius 2 is 1.93 bits per heavy atom. The lowest BCUT2D eigenvalue weighted by atomic mass is 9.93. The van der Waals surface area contributed by atoms with Crippen molar-refractivity contribution in [3.63, 3.8) is 0 Å². The quantitative estimate of drug-likeness (QED) is 0.790. The summed E-state index contributed by atoms with van der Waals surface area (Å²) in [5, 5.41) is 8.64. The molecule has 0 aliphatic heterocycles. The van der Waals surface area contributed by atoms with Crippen LogP contribution < -0.4 is 10.6 Å². The molecule has 0 saturated heterocycles. The Kier molecular flexibility index (Phi) is 2.93. The highest BCUT2D eigenvalue weighted by Crippen LogP contribution is 2.15. The third-order valence-electron chi connectivity index (χ3n) is 2.42. The van der Waals surface area contributed by atoms with Crippen LogP contribution in [0.3, 0.4) is 0 Å².